The lowest BCUT2D eigenvalue weighted by Crippen LogP contribution is -2.54. The molecule has 2 aliphatic rings. The highest BCUT2D eigenvalue weighted by Crippen LogP contribution is 2.40. The first-order valence-electron chi connectivity index (χ1n) is 20.8. The summed E-state index contributed by atoms with van der Waals surface area (Å²) >= 11 is 0. The molecule has 15 heteroatoms. The van der Waals surface area contributed by atoms with Crippen LogP contribution in [0.4, 0.5) is 9.59 Å². The summed E-state index contributed by atoms with van der Waals surface area (Å²) in [5, 5.41) is 9.58. The number of carbonyl (C=O) groups excluding carboxylic acids is 4. The molecule has 6 aromatic rings. The van der Waals surface area contributed by atoms with Gasteiger partial charge in [-0.1, -0.05) is 74.5 Å². The molecule has 318 valence electrons. The highest BCUT2D eigenvalue weighted by atomic mass is 16.5. The van der Waals surface area contributed by atoms with Crippen molar-refractivity contribution in [1.82, 2.24) is 40.4 Å². The maximum Gasteiger partial charge on any atom is 0.407 e. The minimum Gasteiger partial charge on any atom is -0.453 e. The summed E-state index contributed by atoms with van der Waals surface area (Å²) < 4.78 is 15.0. The molecule has 2 aromatic heterocycles. The van der Waals surface area contributed by atoms with Gasteiger partial charge in [-0.15, -0.1) is 0 Å². The van der Waals surface area contributed by atoms with Gasteiger partial charge in [0.25, 0.3) is 0 Å². The van der Waals surface area contributed by atoms with Crippen molar-refractivity contribution in [2.75, 3.05) is 34.4 Å². The average Bonchev–Trinajstić information content (AvgIpc) is 4.13. The monoisotopic (exact) mass is 828 g/mol. The first-order chi connectivity index (χ1) is 29.5. The molecule has 1 unspecified atom stereocenters. The molecule has 2 saturated heterocycles. The molecule has 4 amide bonds. The van der Waals surface area contributed by atoms with Crippen LogP contribution in [0.25, 0.3) is 55.0 Å². The molecule has 5 atom stereocenters. The zero-order valence-electron chi connectivity index (χ0n) is 35.3. The van der Waals surface area contributed by atoms with Crippen LogP contribution in [0.5, 0.6) is 0 Å². The van der Waals surface area contributed by atoms with Crippen LogP contribution >= 0.6 is 0 Å². The zero-order chi connectivity index (χ0) is 42.9. The van der Waals surface area contributed by atoms with Gasteiger partial charge in [0, 0.05) is 31.0 Å². The maximum atomic E-state index is 13.9. The summed E-state index contributed by atoms with van der Waals surface area (Å²) in [6.45, 7) is 6.67. The van der Waals surface area contributed by atoms with Gasteiger partial charge in [-0.25, -0.2) is 19.6 Å². The van der Waals surface area contributed by atoms with Gasteiger partial charge in [0.05, 0.1) is 55.3 Å². The number of likely N-dealkylation sites (tertiary alicyclic amines) is 2. The van der Waals surface area contributed by atoms with Crippen LogP contribution in [-0.4, -0.2) is 106 Å². The summed E-state index contributed by atoms with van der Waals surface area (Å²) in [4.78, 5) is 72.4. The van der Waals surface area contributed by atoms with Gasteiger partial charge in [-0.3, -0.25) is 9.59 Å². The number of amides is 4. The number of benzene rings is 4. The Labute approximate surface area is 353 Å². The molecule has 4 heterocycles. The minimum absolute atomic E-state index is 0.129. The zero-order valence-corrected chi connectivity index (χ0v) is 35.3. The Balaban J connectivity index is 1.06. The van der Waals surface area contributed by atoms with Gasteiger partial charge < -0.3 is 44.6 Å². The van der Waals surface area contributed by atoms with Crippen molar-refractivity contribution < 1.29 is 33.4 Å². The van der Waals surface area contributed by atoms with E-state index in [0.29, 0.717) is 18.9 Å². The van der Waals surface area contributed by atoms with E-state index in [9.17, 15) is 19.2 Å². The molecule has 15 nitrogen and oxygen atoms in total. The topological polar surface area (TPSA) is 184 Å². The van der Waals surface area contributed by atoms with Crippen LogP contribution < -0.4 is 10.6 Å². The number of aromatic amines is 2. The molecule has 0 radical (unpaired) electrons. The van der Waals surface area contributed by atoms with Crippen LogP contribution in [0, 0.1) is 5.92 Å². The van der Waals surface area contributed by atoms with Gasteiger partial charge >= 0.3 is 12.2 Å². The number of carbonyl (C=O) groups is 4. The van der Waals surface area contributed by atoms with E-state index in [2.05, 4.69) is 75.2 Å². The summed E-state index contributed by atoms with van der Waals surface area (Å²) in [6, 6.07) is 20.9. The van der Waals surface area contributed by atoms with E-state index in [4.69, 9.17) is 24.2 Å². The Morgan fingerprint density at radius 2 is 1.28 bits per heavy atom. The Kier molecular flexibility index (Phi) is 11.7. The van der Waals surface area contributed by atoms with E-state index in [-0.39, 0.29) is 29.8 Å². The fourth-order valence-electron chi connectivity index (χ4n) is 8.91. The largest absolute Gasteiger partial charge is 0.453 e. The standard InChI is InChI=1S/C46H52N8O7/c1-25(2)37(51-45(57)60-5)43(55)54-22-10-14-36(54)42-49-39-31-12-8-7-11-30(31)33-23-29(19-20-32(33)40(39)50-42)27-15-17-28(18-16-27)34-24-47-41(48-34)35-13-9-21-53(35)44(56)38(26(3)59-4)52-46(58)61-6/h7-8,11-12,15-20,23-26,35-38H,9-10,13-14,21-22H2,1-6H3,(H,47,48)(H,49,50)(H,51,57)(H,52,58)/t26-,35+,36+,37?,38+/m1/s1. The Morgan fingerprint density at radius 1 is 0.689 bits per heavy atom. The number of nitrogens with zero attached hydrogens (tertiary/aromatic N) is 4. The van der Waals surface area contributed by atoms with Crippen molar-refractivity contribution in [3.8, 4) is 22.4 Å². The molecule has 0 spiro atoms. The lowest BCUT2D eigenvalue weighted by Gasteiger charge is -2.30. The number of ether oxygens (including phenoxy) is 3. The van der Waals surface area contributed by atoms with Gasteiger partial charge in [0.1, 0.15) is 23.7 Å². The maximum absolute atomic E-state index is 13.9. The second-order valence-corrected chi connectivity index (χ2v) is 16.2. The van der Waals surface area contributed by atoms with E-state index in [1.807, 2.05) is 30.9 Å². The Hall–Kier alpha value is -6.48. The van der Waals surface area contributed by atoms with Gasteiger partial charge in [0.2, 0.25) is 11.8 Å². The number of H-pyrrole nitrogens is 2. The van der Waals surface area contributed by atoms with Crippen LogP contribution in [0.15, 0.2) is 72.9 Å². The van der Waals surface area contributed by atoms with Gasteiger partial charge in [-0.2, -0.15) is 0 Å². The van der Waals surface area contributed by atoms with Crippen molar-refractivity contribution in [3.63, 3.8) is 0 Å². The molecular weight excluding hydrogens is 777 g/mol. The Morgan fingerprint density at radius 3 is 1.92 bits per heavy atom. The van der Waals surface area contributed by atoms with Crippen LogP contribution in [0.3, 0.4) is 0 Å². The van der Waals surface area contributed by atoms with E-state index < -0.39 is 30.4 Å². The number of imidazole rings is 2. The summed E-state index contributed by atoms with van der Waals surface area (Å²) in [6.07, 6.45) is 3.03. The number of nitrogens with one attached hydrogen (secondary N) is 4. The second-order valence-electron chi connectivity index (χ2n) is 16.2. The van der Waals surface area contributed by atoms with Crippen LogP contribution in [0.2, 0.25) is 0 Å². The van der Waals surface area contributed by atoms with Crippen LogP contribution in [0.1, 0.15) is 70.2 Å². The molecule has 8 rings (SSSR count). The molecule has 2 aliphatic heterocycles. The molecule has 61 heavy (non-hydrogen) atoms. The quantitative estimate of drug-likeness (QED) is 0.0968. The van der Waals surface area contributed by atoms with E-state index >= 15 is 0 Å². The van der Waals surface area contributed by atoms with Crippen molar-refractivity contribution in [2.24, 2.45) is 5.92 Å². The molecular formula is C46H52N8O7. The number of fused-ring (bicyclic) bond motifs is 6. The molecule has 4 N–H and O–H groups in total. The minimum atomic E-state index is -0.905. The smallest absolute Gasteiger partial charge is 0.407 e. The summed E-state index contributed by atoms with van der Waals surface area (Å²) in [5.74, 6) is 0.889. The third-order valence-electron chi connectivity index (χ3n) is 12.3. The van der Waals surface area contributed by atoms with Gasteiger partial charge in [0.15, 0.2) is 0 Å². The first-order valence-corrected chi connectivity index (χ1v) is 20.8. The molecule has 2 fully saturated rings. The van der Waals surface area contributed by atoms with Crippen molar-refractivity contribution >= 4 is 56.6 Å². The summed E-state index contributed by atoms with van der Waals surface area (Å²) in [7, 11) is 4.06. The summed E-state index contributed by atoms with van der Waals surface area (Å²) in [5.41, 5.74) is 5.66. The average molecular weight is 829 g/mol. The van der Waals surface area contributed by atoms with Crippen molar-refractivity contribution in [1.29, 1.82) is 0 Å². The fourth-order valence-corrected chi connectivity index (χ4v) is 8.91. The van der Waals surface area contributed by atoms with Crippen molar-refractivity contribution in [2.45, 2.75) is 76.7 Å². The number of aromatic nitrogens is 4. The third kappa shape index (κ3) is 7.85. The number of methoxy groups -OCH3 is 3. The predicted octanol–water partition coefficient (Wildman–Crippen LogP) is 7.39. The Bertz CT molecular complexity index is 2600. The highest BCUT2D eigenvalue weighted by Gasteiger charge is 2.40. The third-order valence-corrected chi connectivity index (χ3v) is 12.3. The van der Waals surface area contributed by atoms with E-state index in [1.54, 1.807) is 18.0 Å². The number of alkyl carbamates (subject to hydrolysis) is 2. The fraction of sp³-hybridized carbons (Fsp3) is 0.391. The predicted molar refractivity (Wildman–Crippen MR) is 231 cm³/mol. The lowest BCUT2D eigenvalue weighted by atomic mass is 9.95. The lowest BCUT2D eigenvalue weighted by molar-refractivity contribution is -0.137. The van der Waals surface area contributed by atoms with Crippen LogP contribution in [-0.2, 0) is 23.8 Å². The molecule has 0 bridgehead atoms. The first kappa shape index (κ1) is 41.3. The number of hydrogen-bond acceptors (Lipinski definition) is 9. The SMILES string of the molecule is COC(=O)NC(C(=O)N1CCC[C@H]1c1nc2c3ccccc3c3cc(-c4ccc(-c5cnc([C@@H]6CCCN6C(=O)[C@@H](NC(=O)OC)[C@@H](C)OC)[nH]5)cc4)ccc3c2[nH]1)C(C)C. The van der Waals surface area contributed by atoms with Gasteiger partial charge in [-0.05, 0) is 72.1 Å². The molecule has 4 aromatic carbocycles. The highest BCUT2D eigenvalue weighted by molar-refractivity contribution is 6.23. The normalized spacial score (nSPS) is 18.1. The number of rotatable bonds is 11. The second kappa shape index (κ2) is 17.2. The van der Waals surface area contributed by atoms with E-state index in [1.165, 1.54) is 21.3 Å². The number of hydrogen-bond donors (Lipinski definition) is 4. The van der Waals surface area contributed by atoms with E-state index in [0.717, 1.165) is 86.5 Å². The molecule has 0 aliphatic carbocycles. The molecule has 0 saturated carbocycles. The van der Waals surface area contributed by atoms with Crippen molar-refractivity contribution in [3.05, 3.63) is 84.6 Å².